The van der Waals surface area contributed by atoms with Crippen molar-refractivity contribution in [3.05, 3.63) is 59.8 Å². The number of imidazole rings is 1. The molecule has 0 aliphatic carbocycles. The van der Waals surface area contributed by atoms with Gasteiger partial charge in [0.2, 0.25) is 0 Å². The second-order valence-electron chi connectivity index (χ2n) is 8.16. The molecule has 2 saturated heterocycles. The molecular formula is C21H19N7O3S. The van der Waals surface area contributed by atoms with E-state index in [2.05, 4.69) is 19.4 Å². The van der Waals surface area contributed by atoms with Gasteiger partial charge >= 0.3 is 5.91 Å². The molecule has 0 radical (unpaired) electrons. The van der Waals surface area contributed by atoms with Crippen molar-refractivity contribution in [2.75, 3.05) is 24.6 Å². The fourth-order valence-electron chi connectivity index (χ4n) is 4.56. The van der Waals surface area contributed by atoms with Crippen LogP contribution in [0.5, 0.6) is 0 Å². The van der Waals surface area contributed by atoms with Crippen LogP contribution in [-0.4, -0.2) is 65.1 Å². The van der Waals surface area contributed by atoms with E-state index in [1.807, 2.05) is 6.07 Å². The maximum absolute atomic E-state index is 13.5. The zero-order valence-corrected chi connectivity index (χ0v) is 17.8. The normalized spacial score (nSPS) is 24.7. The number of pyridine rings is 1. The molecule has 5 rings (SSSR count). The van der Waals surface area contributed by atoms with E-state index >= 15 is 0 Å². The molecule has 0 aromatic carbocycles. The number of nitrogens with zero attached hydrogens (tertiary/aromatic N) is 7. The van der Waals surface area contributed by atoms with Gasteiger partial charge in [-0.25, -0.2) is 13.7 Å². The summed E-state index contributed by atoms with van der Waals surface area (Å²) in [6, 6.07) is 8.48. The summed E-state index contributed by atoms with van der Waals surface area (Å²) in [5.74, 6) is -0.351. The van der Waals surface area contributed by atoms with Crippen LogP contribution in [0.1, 0.15) is 33.0 Å². The Kier molecular flexibility index (Phi) is 4.94. The second kappa shape index (κ2) is 7.80. The highest BCUT2D eigenvalue weighted by Crippen LogP contribution is 2.32. The van der Waals surface area contributed by atoms with Crippen LogP contribution in [0.25, 0.3) is 5.65 Å². The van der Waals surface area contributed by atoms with Crippen molar-refractivity contribution >= 4 is 27.2 Å². The summed E-state index contributed by atoms with van der Waals surface area (Å²) in [5, 5.41) is 13.2. The number of hydrogen-bond donors (Lipinski definition) is 0. The smallest absolute Gasteiger partial charge is 0.305 e. The third-order valence-corrected chi connectivity index (χ3v) is 8.24. The van der Waals surface area contributed by atoms with Crippen LogP contribution in [0.15, 0.2) is 47.2 Å². The zero-order chi connectivity index (χ0) is 22.3. The highest BCUT2D eigenvalue weighted by molar-refractivity contribution is 7.94. The SMILES string of the molecule is N#Cc1ccnc(C(=O)N2CC3CC(C2)CS(=O)(=NC(=O)c2cnc4cccnn24)C3)c1. The third-order valence-electron chi connectivity index (χ3n) is 5.76. The third kappa shape index (κ3) is 3.73. The fourth-order valence-corrected chi connectivity index (χ4v) is 7.19. The summed E-state index contributed by atoms with van der Waals surface area (Å²) in [4.78, 5) is 35.6. The van der Waals surface area contributed by atoms with E-state index in [0.29, 0.717) is 24.3 Å². The lowest BCUT2D eigenvalue weighted by Crippen LogP contribution is -2.51. The largest absolute Gasteiger partial charge is 0.337 e. The van der Waals surface area contributed by atoms with Crippen LogP contribution >= 0.6 is 0 Å². The lowest BCUT2D eigenvalue weighted by Gasteiger charge is -2.42. The molecule has 3 aromatic rings. The van der Waals surface area contributed by atoms with Crippen LogP contribution in [-0.2, 0) is 9.73 Å². The summed E-state index contributed by atoms with van der Waals surface area (Å²) in [7, 11) is -2.76. The van der Waals surface area contributed by atoms with Crippen molar-refractivity contribution in [1.82, 2.24) is 24.5 Å². The van der Waals surface area contributed by atoms with Crippen molar-refractivity contribution in [1.29, 1.82) is 5.26 Å². The molecule has 0 N–H and O–H groups in total. The Morgan fingerprint density at radius 2 is 1.94 bits per heavy atom. The first kappa shape index (κ1) is 20.3. The van der Waals surface area contributed by atoms with Gasteiger partial charge in [0.15, 0.2) is 11.3 Å². The quantitative estimate of drug-likeness (QED) is 0.577. The monoisotopic (exact) mass is 449 g/mol. The minimum Gasteiger partial charge on any atom is -0.337 e. The summed E-state index contributed by atoms with van der Waals surface area (Å²) in [5.41, 5.74) is 1.30. The van der Waals surface area contributed by atoms with Crippen molar-refractivity contribution in [2.45, 2.75) is 6.42 Å². The molecule has 0 saturated carbocycles. The second-order valence-corrected chi connectivity index (χ2v) is 10.6. The molecule has 0 spiro atoms. The van der Waals surface area contributed by atoms with Crippen LogP contribution in [0.4, 0.5) is 0 Å². The number of aromatic nitrogens is 4. The molecular weight excluding hydrogens is 430 g/mol. The van der Waals surface area contributed by atoms with Gasteiger partial charge in [-0.2, -0.15) is 14.7 Å². The number of piperidine rings is 1. The number of fused-ring (bicyclic) bond motifs is 3. The van der Waals surface area contributed by atoms with E-state index in [1.54, 1.807) is 29.3 Å². The lowest BCUT2D eigenvalue weighted by atomic mass is 9.91. The van der Waals surface area contributed by atoms with Crippen LogP contribution < -0.4 is 0 Å². The molecule has 11 heteroatoms. The molecule has 2 aliphatic heterocycles. The van der Waals surface area contributed by atoms with Crippen molar-refractivity contribution < 1.29 is 13.8 Å². The van der Waals surface area contributed by atoms with E-state index in [1.165, 1.54) is 23.0 Å². The number of nitriles is 1. The Morgan fingerprint density at radius 1 is 1.16 bits per heavy atom. The standard InChI is InChI=1S/C21H19N7O3S/c22-8-14-3-5-23-17(7-14)21(30)27-10-15-6-16(11-27)13-32(31,12-15)26-20(29)18-9-24-19-2-1-4-25-28(18)19/h1-5,7,9,15-16H,6,10-13H2. The molecule has 32 heavy (non-hydrogen) atoms. The predicted octanol–water partition coefficient (Wildman–Crippen LogP) is 1.40. The van der Waals surface area contributed by atoms with Crippen LogP contribution in [0.2, 0.25) is 0 Å². The number of amides is 2. The number of rotatable bonds is 2. The zero-order valence-electron chi connectivity index (χ0n) is 17.0. The topological polar surface area (TPSA) is 134 Å². The maximum Gasteiger partial charge on any atom is 0.305 e. The Balaban J connectivity index is 1.35. The number of likely N-dealkylation sites (tertiary alicyclic amines) is 1. The fraction of sp³-hybridized carbons (Fsp3) is 0.333. The predicted molar refractivity (Wildman–Crippen MR) is 114 cm³/mol. The first-order chi connectivity index (χ1) is 15.4. The van der Waals surface area contributed by atoms with Crippen molar-refractivity contribution in [2.24, 2.45) is 16.2 Å². The minimum atomic E-state index is -2.76. The molecule has 2 atom stereocenters. The van der Waals surface area contributed by atoms with E-state index in [0.717, 1.165) is 6.42 Å². The summed E-state index contributed by atoms with van der Waals surface area (Å²) in [6.45, 7) is 0.845. The Hall–Kier alpha value is -3.65. The van der Waals surface area contributed by atoms with Gasteiger partial charge in [0, 0.05) is 37.0 Å². The first-order valence-corrected chi connectivity index (χ1v) is 12.0. The average molecular weight is 449 g/mol. The number of carbonyl (C=O) groups excluding carboxylic acids is 2. The summed E-state index contributed by atoms with van der Waals surface area (Å²) in [6.07, 6.45) is 5.22. The number of carbonyl (C=O) groups is 2. The Morgan fingerprint density at radius 3 is 2.69 bits per heavy atom. The van der Waals surface area contributed by atoms with Gasteiger partial charge < -0.3 is 4.90 Å². The van der Waals surface area contributed by atoms with Crippen molar-refractivity contribution in [3.8, 4) is 6.07 Å². The molecule has 5 heterocycles. The Labute approximate surface area is 184 Å². The van der Waals surface area contributed by atoms with E-state index in [4.69, 9.17) is 5.26 Å². The minimum absolute atomic E-state index is 0.0186. The first-order valence-electron chi connectivity index (χ1n) is 10.2. The van der Waals surface area contributed by atoms with Gasteiger partial charge in [0.05, 0.1) is 27.6 Å². The van der Waals surface area contributed by atoms with Crippen molar-refractivity contribution in [3.63, 3.8) is 0 Å². The van der Waals surface area contributed by atoms with E-state index in [9.17, 15) is 13.8 Å². The summed E-state index contributed by atoms with van der Waals surface area (Å²) < 4.78 is 19.0. The molecule has 162 valence electrons. The highest BCUT2D eigenvalue weighted by atomic mass is 32.2. The van der Waals surface area contributed by atoms with Gasteiger partial charge in [-0.1, -0.05) is 0 Å². The maximum atomic E-state index is 13.5. The van der Waals surface area contributed by atoms with E-state index in [-0.39, 0.29) is 40.6 Å². The average Bonchev–Trinajstić information content (AvgIpc) is 3.22. The van der Waals surface area contributed by atoms with Crippen LogP contribution in [0, 0.1) is 23.2 Å². The molecule has 2 fully saturated rings. The lowest BCUT2D eigenvalue weighted by molar-refractivity contribution is 0.0612. The molecule has 2 amide bonds. The van der Waals surface area contributed by atoms with Gasteiger partial charge in [-0.3, -0.25) is 14.6 Å². The Bertz CT molecular complexity index is 1380. The molecule has 3 aromatic heterocycles. The van der Waals surface area contributed by atoms with Gasteiger partial charge in [-0.05, 0) is 42.5 Å². The van der Waals surface area contributed by atoms with Gasteiger partial charge in [0.1, 0.15) is 5.69 Å². The molecule has 2 bridgehead atoms. The summed E-state index contributed by atoms with van der Waals surface area (Å²) >= 11 is 0. The number of hydrogen-bond acceptors (Lipinski definition) is 7. The van der Waals surface area contributed by atoms with Gasteiger partial charge in [0.25, 0.3) is 5.91 Å². The molecule has 2 aliphatic rings. The van der Waals surface area contributed by atoms with Gasteiger partial charge in [-0.15, -0.1) is 0 Å². The van der Waals surface area contributed by atoms with E-state index < -0.39 is 15.6 Å². The highest BCUT2D eigenvalue weighted by Gasteiger charge is 2.39. The van der Waals surface area contributed by atoms with Crippen LogP contribution in [0.3, 0.4) is 0 Å². The molecule has 10 nitrogen and oxygen atoms in total. The molecule has 2 unspecified atom stereocenters.